The standard InChI is InChI=1S/C22H28N4O4S/c1-14-19(15(2)26(25-14)17-7-9-31(28,29)13-17)11-22(27)23-8-6-16-12-24-21-5-4-18(30-3)10-20(16)21/h4-5,10,12,17,24H,6-9,11,13H2,1-3H3,(H,23,27). The zero-order valence-electron chi connectivity index (χ0n) is 18.1. The molecule has 2 N–H and O–H groups in total. The number of amides is 1. The Morgan fingerprint density at radius 3 is 2.87 bits per heavy atom. The SMILES string of the molecule is COc1ccc2[nH]cc(CCNC(=O)Cc3c(C)nn(C4CCS(=O)(=O)C4)c3C)c2c1. The Morgan fingerprint density at radius 1 is 1.35 bits per heavy atom. The van der Waals surface area contributed by atoms with Gasteiger partial charge in [0.2, 0.25) is 5.91 Å². The number of rotatable bonds is 7. The minimum absolute atomic E-state index is 0.0674. The number of aryl methyl sites for hydroxylation is 1. The van der Waals surface area contributed by atoms with Gasteiger partial charge in [-0.15, -0.1) is 0 Å². The number of fused-ring (bicyclic) bond motifs is 1. The van der Waals surface area contributed by atoms with Gasteiger partial charge in [-0.3, -0.25) is 9.48 Å². The molecular formula is C22H28N4O4S. The van der Waals surface area contributed by atoms with Gasteiger partial charge in [-0.2, -0.15) is 5.10 Å². The number of aromatic amines is 1. The van der Waals surface area contributed by atoms with Crippen LogP contribution in [0.15, 0.2) is 24.4 Å². The van der Waals surface area contributed by atoms with Crippen LogP contribution in [0.2, 0.25) is 0 Å². The number of nitrogens with zero attached hydrogens (tertiary/aromatic N) is 2. The molecule has 1 aromatic carbocycles. The van der Waals surface area contributed by atoms with Gasteiger partial charge in [0.15, 0.2) is 9.84 Å². The molecule has 1 saturated heterocycles. The third-order valence-electron chi connectivity index (χ3n) is 6.06. The number of hydrogen-bond donors (Lipinski definition) is 2. The maximum Gasteiger partial charge on any atom is 0.224 e. The molecule has 1 aliphatic rings. The normalized spacial score (nSPS) is 17.8. The molecular weight excluding hydrogens is 416 g/mol. The number of hydrogen-bond acceptors (Lipinski definition) is 5. The van der Waals surface area contributed by atoms with E-state index in [-0.39, 0.29) is 29.9 Å². The van der Waals surface area contributed by atoms with E-state index >= 15 is 0 Å². The number of benzene rings is 1. The van der Waals surface area contributed by atoms with E-state index in [1.54, 1.807) is 11.8 Å². The quantitative estimate of drug-likeness (QED) is 0.581. The molecule has 1 atom stereocenters. The molecule has 0 aliphatic carbocycles. The molecule has 9 heteroatoms. The van der Waals surface area contributed by atoms with Crippen molar-refractivity contribution >= 4 is 26.6 Å². The van der Waals surface area contributed by atoms with Crippen molar-refractivity contribution in [2.45, 2.75) is 39.2 Å². The van der Waals surface area contributed by atoms with Crippen LogP contribution < -0.4 is 10.1 Å². The lowest BCUT2D eigenvalue weighted by atomic mass is 10.1. The predicted molar refractivity (Wildman–Crippen MR) is 119 cm³/mol. The van der Waals surface area contributed by atoms with Gasteiger partial charge in [0.05, 0.1) is 36.8 Å². The Bertz CT molecular complexity index is 1230. The second-order valence-corrected chi connectivity index (χ2v) is 10.4. The highest BCUT2D eigenvalue weighted by Gasteiger charge is 2.31. The molecule has 0 spiro atoms. The molecule has 4 rings (SSSR count). The minimum atomic E-state index is -2.99. The van der Waals surface area contributed by atoms with Crippen LogP contribution in [-0.4, -0.2) is 54.2 Å². The number of carbonyl (C=O) groups excluding carboxylic acids is 1. The van der Waals surface area contributed by atoms with E-state index in [9.17, 15) is 13.2 Å². The third kappa shape index (κ3) is 4.46. The van der Waals surface area contributed by atoms with Gasteiger partial charge in [-0.05, 0) is 50.5 Å². The Balaban J connectivity index is 1.37. The molecule has 1 unspecified atom stereocenters. The Hall–Kier alpha value is -2.81. The summed E-state index contributed by atoms with van der Waals surface area (Å²) in [5.74, 6) is 1.05. The maximum absolute atomic E-state index is 12.6. The van der Waals surface area contributed by atoms with Crippen LogP contribution in [-0.2, 0) is 27.5 Å². The molecule has 1 aliphatic heterocycles. The molecule has 2 aromatic heterocycles. The number of sulfone groups is 1. The summed E-state index contributed by atoms with van der Waals surface area (Å²) < 4.78 is 30.7. The number of aromatic nitrogens is 3. The third-order valence-corrected chi connectivity index (χ3v) is 7.81. The number of H-pyrrole nitrogens is 1. The highest BCUT2D eigenvalue weighted by atomic mass is 32.2. The molecule has 3 heterocycles. The fourth-order valence-corrected chi connectivity index (χ4v) is 6.02. The van der Waals surface area contributed by atoms with Crippen molar-refractivity contribution < 1.29 is 17.9 Å². The predicted octanol–water partition coefficient (Wildman–Crippen LogP) is 2.25. The summed E-state index contributed by atoms with van der Waals surface area (Å²) in [7, 11) is -1.35. The smallest absolute Gasteiger partial charge is 0.224 e. The monoisotopic (exact) mass is 444 g/mol. The van der Waals surface area contributed by atoms with Crippen LogP contribution in [0, 0.1) is 13.8 Å². The zero-order chi connectivity index (χ0) is 22.2. The Morgan fingerprint density at radius 2 is 2.16 bits per heavy atom. The average Bonchev–Trinajstić information content (AvgIpc) is 3.39. The van der Waals surface area contributed by atoms with Crippen molar-refractivity contribution in [1.82, 2.24) is 20.1 Å². The Kier molecular flexibility index (Phi) is 5.79. The zero-order valence-corrected chi connectivity index (χ0v) is 18.9. The van der Waals surface area contributed by atoms with E-state index in [4.69, 9.17) is 4.74 Å². The van der Waals surface area contributed by atoms with Gasteiger partial charge in [-0.25, -0.2) is 8.42 Å². The molecule has 1 amide bonds. The first-order valence-electron chi connectivity index (χ1n) is 10.4. The van der Waals surface area contributed by atoms with E-state index in [2.05, 4.69) is 15.4 Å². The number of methoxy groups -OCH3 is 1. The van der Waals surface area contributed by atoms with Gasteiger partial charge in [-0.1, -0.05) is 0 Å². The van der Waals surface area contributed by atoms with Crippen LogP contribution in [0.3, 0.4) is 0 Å². The fraction of sp³-hybridized carbons (Fsp3) is 0.455. The first kappa shape index (κ1) is 21.4. The van der Waals surface area contributed by atoms with Gasteiger partial charge in [0.1, 0.15) is 5.75 Å². The first-order chi connectivity index (χ1) is 14.8. The van der Waals surface area contributed by atoms with Crippen molar-refractivity contribution in [2.75, 3.05) is 25.2 Å². The van der Waals surface area contributed by atoms with Crippen LogP contribution in [0.1, 0.15) is 35.0 Å². The molecule has 0 radical (unpaired) electrons. The summed E-state index contributed by atoms with van der Waals surface area (Å²) >= 11 is 0. The van der Waals surface area contributed by atoms with Crippen molar-refractivity contribution in [2.24, 2.45) is 0 Å². The van der Waals surface area contributed by atoms with Crippen LogP contribution >= 0.6 is 0 Å². The van der Waals surface area contributed by atoms with E-state index < -0.39 is 9.84 Å². The summed E-state index contributed by atoms with van der Waals surface area (Å²) in [5.41, 5.74) is 4.68. The van der Waals surface area contributed by atoms with Gasteiger partial charge in [0.25, 0.3) is 0 Å². The van der Waals surface area contributed by atoms with Crippen molar-refractivity contribution in [3.63, 3.8) is 0 Å². The molecule has 0 saturated carbocycles. The molecule has 8 nitrogen and oxygen atoms in total. The maximum atomic E-state index is 12.6. The summed E-state index contributed by atoms with van der Waals surface area (Å²) in [4.78, 5) is 15.8. The molecule has 31 heavy (non-hydrogen) atoms. The van der Waals surface area contributed by atoms with Crippen LogP contribution in [0.5, 0.6) is 5.75 Å². The number of carbonyl (C=O) groups is 1. The molecule has 3 aromatic rings. The van der Waals surface area contributed by atoms with Crippen molar-refractivity contribution in [3.05, 3.63) is 46.9 Å². The van der Waals surface area contributed by atoms with Gasteiger partial charge >= 0.3 is 0 Å². The average molecular weight is 445 g/mol. The summed E-state index contributed by atoms with van der Waals surface area (Å²) in [6.45, 7) is 4.30. The highest BCUT2D eigenvalue weighted by molar-refractivity contribution is 7.91. The van der Waals surface area contributed by atoms with Crippen LogP contribution in [0.4, 0.5) is 0 Å². The van der Waals surface area contributed by atoms with Gasteiger partial charge < -0.3 is 15.0 Å². The van der Waals surface area contributed by atoms with Crippen molar-refractivity contribution in [3.8, 4) is 5.75 Å². The second-order valence-electron chi connectivity index (χ2n) is 8.15. The lowest BCUT2D eigenvalue weighted by Gasteiger charge is -2.11. The van der Waals surface area contributed by atoms with Crippen molar-refractivity contribution in [1.29, 1.82) is 0 Å². The molecule has 166 valence electrons. The largest absolute Gasteiger partial charge is 0.497 e. The lowest BCUT2D eigenvalue weighted by Crippen LogP contribution is -2.27. The molecule has 1 fully saturated rings. The highest BCUT2D eigenvalue weighted by Crippen LogP contribution is 2.27. The number of nitrogens with one attached hydrogen (secondary N) is 2. The van der Waals surface area contributed by atoms with E-state index in [1.807, 2.05) is 38.2 Å². The van der Waals surface area contributed by atoms with Crippen LogP contribution in [0.25, 0.3) is 10.9 Å². The van der Waals surface area contributed by atoms with E-state index in [1.165, 1.54) is 0 Å². The van der Waals surface area contributed by atoms with E-state index in [0.717, 1.165) is 39.2 Å². The van der Waals surface area contributed by atoms with Gasteiger partial charge in [0, 0.05) is 34.9 Å². The second kappa shape index (κ2) is 8.37. The lowest BCUT2D eigenvalue weighted by molar-refractivity contribution is -0.120. The topological polar surface area (TPSA) is 106 Å². The summed E-state index contributed by atoms with van der Waals surface area (Å²) in [5, 5.41) is 8.62. The fourth-order valence-electron chi connectivity index (χ4n) is 4.33. The summed E-state index contributed by atoms with van der Waals surface area (Å²) in [6, 6.07) is 5.75. The first-order valence-corrected chi connectivity index (χ1v) is 12.3. The Labute approximate surface area is 181 Å². The number of ether oxygens (including phenoxy) is 1. The molecule has 0 bridgehead atoms. The minimum Gasteiger partial charge on any atom is -0.497 e. The van der Waals surface area contributed by atoms with E-state index in [0.29, 0.717) is 19.4 Å². The summed E-state index contributed by atoms with van der Waals surface area (Å²) in [6.07, 6.45) is 3.48.